The highest BCUT2D eigenvalue weighted by Gasteiger charge is 2.12. The average Bonchev–Trinajstić information content (AvgIpc) is 2.81. The van der Waals surface area contributed by atoms with E-state index in [1.54, 1.807) is 30.6 Å². The van der Waals surface area contributed by atoms with Gasteiger partial charge in [-0.15, -0.1) is 0 Å². The van der Waals surface area contributed by atoms with Gasteiger partial charge in [0.1, 0.15) is 23.1 Å². The molecule has 0 fully saturated rings. The van der Waals surface area contributed by atoms with Crippen molar-refractivity contribution in [3.05, 3.63) is 103 Å². The highest BCUT2D eigenvalue weighted by atomic mass is 32.2. The first-order valence-electron chi connectivity index (χ1n) is 10.6. The number of nitrogens with one attached hydrogen (secondary N) is 1. The molecule has 0 radical (unpaired) electrons. The van der Waals surface area contributed by atoms with Crippen LogP contribution in [0.15, 0.2) is 96.2 Å². The molecule has 0 aliphatic rings. The number of halogens is 1. The van der Waals surface area contributed by atoms with Crippen molar-refractivity contribution in [2.45, 2.75) is 18.2 Å². The first-order chi connectivity index (χ1) is 16.1. The van der Waals surface area contributed by atoms with E-state index in [0.29, 0.717) is 17.2 Å². The van der Waals surface area contributed by atoms with Crippen molar-refractivity contribution >= 4 is 23.4 Å². The Morgan fingerprint density at radius 2 is 1.79 bits per heavy atom. The zero-order valence-corrected chi connectivity index (χ0v) is 19.1. The monoisotopic (exact) mass is 459 g/mol. The van der Waals surface area contributed by atoms with Crippen molar-refractivity contribution in [3.8, 4) is 22.6 Å². The number of ether oxygens (including phenoxy) is 1. The number of nitrogens with zero attached hydrogens (tertiary/aromatic N) is 1. The minimum absolute atomic E-state index is 0.121. The Morgan fingerprint density at radius 3 is 2.52 bits per heavy atom. The normalized spacial score (nSPS) is 10.6. The van der Waals surface area contributed by atoms with E-state index < -0.39 is 0 Å². The summed E-state index contributed by atoms with van der Waals surface area (Å²) in [7, 11) is 0. The lowest BCUT2D eigenvalue weighted by Crippen LogP contribution is -2.14. The minimum atomic E-state index is -0.383. The van der Waals surface area contributed by atoms with Crippen molar-refractivity contribution in [1.29, 1.82) is 0 Å². The molecule has 0 spiro atoms. The largest absolute Gasteiger partial charge is 0.457 e. The fraction of sp³-hybridized carbons (Fsp3) is 0.111. The number of carbonyl (C=O) groups excluding carboxylic acids is 1. The Labute approximate surface area is 196 Å². The SMILES string of the molecule is CC[SH+]c1ccc(CC(=O)Nc2ccc(-c3ccncc3)c(Oc3cccc(F)c3)c2)cc1. The minimum Gasteiger partial charge on any atom is -0.457 e. The van der Waals surface area contributed by atoms with Gasteiger partial charge in [-0.3, -0.25) is 9.78 Å². The van der Waals surface area contributed by atoms with Crippen molar-refractivity contribution < 1.29 is 13.9 Å². The molecule has 0 aliphatic heterocycles. The molecule has 3 aromatic carbocycles. The molecule has 33 heavy (non-hydrogen) atoms. The molecule has 0 aliphatic carbocycles. The first-order valence-corrected chi connectivity index (χ1v) is 11.7. The number of carbonyl (C=O) groups is 1. The van der Waals surface area contributed by atoms with Gasteiger partial charge < -0.3 is 10.1 Å². The number of amides is 1. The zero-order chi connectivity index (χ0) is 23.0. The summed E-state index contributed by atoms with van der Waals surface area (Å²) in [5, 5.41) is 2.94. The molecule has 1 amide bonds. The predicted octanol–water partition coefficient (Wildman–Crippen LogP) is 6.05. The van der Waals surface area contributed by atoms with E-state index in [9.17, 15) is 9.18 Å². The van der Waals surface area contributed by atoms with Crippen LogP contribution in [-0.2, 0) is 23.0 Å². The van der Waals surface area contributed by atoms with Crippen LogP contribution in [0.5, 0.6) is 11.5 Å². The van der Waals surface area contributed by atoms with Crippen LogP contribution < -0.4 is 10.1 Å². The lowest BCUT2D eigenvalue weighted by atomic mass is 10.1. The number of hydrogen-bond donors (Lipinski definition) is 1. The van der Waals surface area contributed by atoms with Gasteiger partial charge in [-0.25, -0.2) is 4.39 Å². The van der Waals surface area contributed by atoms with Crippen molar-refractivity contribution in [2.24, 2.45) is 0 Å². The van der Waals surface area contributed by atoms with Crippen molar-refractivity contribution in [2.75, 3.05) is 11.1 Å². The topological polar surface area (TPSA) is 51.2 Å². The van der Waals surface area contributed by atoms with E-state index in [1.165, 1.54) is 28.8 Å². The predicted molar refractivity (Wildman–Crippen MR) is 132 cm³/mol. The van der Waals surface area contributed by atoms with Gasteiger partial charge >= 0.3 is 0 Å². The summed E-state index contributed by atoms with van der Waals surface area (Å²) in [5.74, 6) is 1.44. The molecule has 0 unspecified atom stereocenters. The summed E-state index contributed by atoms with van der Waals surface area (Å²) >= 11 is 1.28. The van der Waals surface area contributed by atoms with Crippen LogP contribution >= 0.6 is 0 Å². The lowest BCUT2D eigenvalue weighted by molar-refractivity contribution is -0.115. The number of aromatic nitrogens is 1. The fourth-order valence-electron chi connectivity index (χ4n) is 3.40. The highest BCUT2D eigenvalue weighted by Crippen LogP contribution is 2.35. The molecule has 166 valence electrons. The van der Waals surface area contributed by atoms with Crippen LogP contribution in [0.2, 0.25) is 0 Å². The maximum Gasteiger partial charge on any atom is 0.228 e. The van der Waals surface area contributed by atoms with E-state index in [4.69, 9.17) is 4.74 Å². The Morgan fingerprint density at radius 1 is 1.00 bits per heavy atom. The van der Waals surface area contributed by atoms with Gasteiger partial charge in [0.15, 0.2) is 4.90 Å². The molecule has 1 N–H and O–H groups in total. The smallest absolute Gasteiger partial charge is 0.228 e. The van der Waals surface area contributed by atoms with E-state index in [1.807, 2.05) is 36.4 Å². The van der Waals surface area contributed by atoms with E-state index in [0.717, 1.165) is 22.4 Å². The second-order valence-corrected chi connectivity index (χ2v) is 8.84. The van der Waals surface area contributed by atoms with Gasteiger partial charge in [0, 0.05) is 47.5 Å². The van der Waals surface area contributed by atoms with Crippen LogP contribution in [0, 0.1) is 5.82 Å². The van der Waals surface area contributed by atoms with E-state index in [2.05, 4.69) is 29.4 Å². The summed E-state index contributed by atoms with van der Waals surface area (Å²) in [5.41, 5.74) is 3.27. The van der Waals surface area contributed by atoms with E-state index >= 15 is 0 Å². The number of hydrogen-bond acceptors (Lipinski definition) is 3. The third-order valence-electron chi connectivity index (χ3n) is 4.92. The summed E-state index contributed by atoms with van der Waals surface area (Å²) in [6, 6.07) is 23.2. The highest BCUT2D eigenvalue weighted by molar-refractivity contribution is 7.78. The van der Waals surface area contributed by atoms with Gasteiger partial charge in [-0.05, 0) is 66.6 Å². The zero-order valence-electron chi connectivity index (χ0n) is 18.2. The molecule has 0 atom stereocenters. The molecule has 6 heteroatoms. The quantitative estimate of drug-likeness (QED) is 0.258. The molecular weight excluding hydrogens is 435 g/mol. The average molecular weight is 460 g/mol. The van der Waals surface area contributed by atoms with Gasteiger partial charge in [0.25, 0.3) is 0 Å². The number of pyridine rings is 1. The molecule has 4 nitrogen and oxygen atoms in total. The van der Waals surface area contributed by atoms with Crippen molar-refractivity contribution in [1.82, 2.24) is 4.98 Å². The number of thiol groups is 1. The van der Waals surface area contributed by atoms with Crippen LogP contribution in [0.4, 0.5) is 10.1 Å². The molecule has 0 saturated carbocycles. The first kappa shape index (κ1) is 22.6. The van der Waals surface area contributed by atoms with Crippen LogP contribution in [0.1, 0.15) is 12.5 Å². The number of rotatable bonds is 8. The second-order valence-electron chi connectivity index (χ2n) is 7.37. The third kappa shape index (κ3) is 6.20. The van der Waals surface area contributed by atoms with Crippen LogP contribution in [-0.4, -0.2) is 16.6 Å². The van der Waals surface area contributed by atoms with Gasteiger partial charge in [0.2, 0.25) is 5.91 Å². The van der Waals surface area contributed by atoms with Crippen LogP contribution in [0.3, 0.4) is 0 Å². The molecule has 1 heterocycles. The Kier molecular flexibility index (Phi) is 7.37. The summed E-state index contributed by atoms with van der Waals surface area (Å²) in [6.07, 6.45) is 3.67. The maximum absolute atomic E-state index is 13.7. The van der Waals surface area contributed by atoms with Crippen LogP contribution in [0.25, 0.3) is 11.1 Å². The number of anilines is 1. The Bertz CT molecular complexity index is 1230. The second kappa shape index (κ2) is 10.8. The van der Waals surface area contributed by atoms with Crippen molar-refractivity contribution in [3.63, 3.8) is 0 Å². The lowest BCUT2D eigenvalue weighted by Gasteiger charge is -2.14. The third-order valence-corrected chi connectivity index (χ3v) is 5.90. The molecule has 4 aromatic rings. The Balaban J connectivity index is 1.55. The van der Waals surface area contributed by atoms with Gasteiger partial charge in [-0.1, -0.05) is 18.2 Å². The summed E-state index contributed by atoms with van der Waals surface area (Å²) < 4.78 is 19.7. The molecule has 1 aromatic heterocycles. The van der Waals surface area contributed by atoms with E-state index in [-0.39, 0.29) is 18.1 Å². The maximum atomic E-state index is 13.7. The molecular formula is C27H24FN2O2S+. The standard InChI is InChI=1S/C27H23FN2O2S/c1-2-33-24-9-6-19(7-10-24)16-27(31)30-22-8-11-25(20-12-14-29-15-13-20)26(18-22)32-23-5-3-4-21(28)17-23/h3-15,17-18H,2,16H2,1H3,(H,30,31)/p+1. The summed E-state index contributed by atoms with van der Waals surface area (Å²) in [6.45, 7) is 2.13. The van der Waals surface area contributed by atoms with Gasteiger partial charge in [0.05, 0.1) is 6.42 Å². The summed E-state index contributed by atoms with van der Waals surface area (Å²) in [4.78, 5) is 18.0. The molecule has 0 bridgehead atoms. The fourth-order valence-corrected chi connectivity index (χ4v) is 4.13. The van der Waals surface area contributed by atoms with Gasteiger partial charge in [-0.2, -0.15) is 0 Å². The number of benzene rings is 3. The molecule has 4 rings (SSSR count). The molecule has 0 saturated heterocycles. The Hall–Kier alpha value is -3.64.